The first-order valence-electron chi connectivity index (χ1n) is 7.59. The molecule has 0 radical (unpaired) electrons. The summed E-state index contributed by atoms with van der Waals surface area (Å²) in [6, 6.07) is 6.34. The van der Waals surface area contributed by atoms with Crippen molar-refractivity contribution >= 4 is 11.9 Å². The van der Waals surface area contributed by atoms with Crippen LogP contribution in [0.4, 0.5) is 0 Å². The number of aliphatic hydroxyl groups excluding tert-OH is 2. The molecule has 1 aromatic carbocycles. The summed E-state index contributed by atoms with van der Waals surface area (Å²) in [5.74, 6) is -0.546. The highest BCUT2D eigenvalue weighted by atomic mass is 16.7. The third kappa shape index (κ3) is 8.18. The van der Waals surface area contributed by atoms with E-state index in [1.54, 1.807) is 25.1 Å². The molecular weight excluding hydrogens is 332 g/mol. The predicted octanol–water partition coefficient (Wildman–Crippen LogP) is 1.15. The topological polar surface area (TPSA) is 112 Å². The van der Waals surface area contributed by atoms with E-state index >= 15 is 0 Å². The number of hydrogen-bond donors (Lipinski definition) is 2. The molecule has 2 atom stereocenters. The Bertz CT molecular complexity index is 598. The molecule has 0 saturated carbocycles. The maximum absolute atomic E-state index is 11.2. The number of hydrogen-bond acceptors (Lipinski definition) is 8. The SMILES string of the molecule is C=C(C)C(=O)OC(O)COc1cccc(OCC(O)OC(=O)CC)c1. The van der Waals surface area contributed by atoms with Crippen molar-refractivity contribution in [2.45, 2.75) is 32.8 Å². The Morgan fingerprint density at radius 1 is 1.08 bits per heavy atom. The minimum absolute atomic E-state index is 0.151. The highest BCUT2D eigenvalue weighted by Crippen LogP contribution is 2.20. The van der Waals surface area contributed by atoms with Crippen molar-refractivity contribution in [2.24, 2.45) is 0 Å². The van der Waals surface area contributed by atoms with E-state index in [4.69, 9.17) is 9.47 Å². The fourth-order valence-electron chi connectivity index (χ4n) is 1.52. The number of rotatable bonds is 10. The second-order valence-electron chi connectivity index (χ2n) is 5.04. The fourth-order valence-corrected chi connectivity index (χ4v) is 1.52. The van der Waals surface area contributed by atoms with Crippen molar-refractivity contribution in [3.63, 3.8) is 0 Å². The number of carbonyl (C=O) groups is 2. The largest absolute Gasteiger partial charge is 0.487 e. The first-order valence-corrected chi connectivity index (χ1v) is 7.59. The van der Waals surface area contributed by atoms with Crippen molar-refractivity contribution in [3.05, 3.63) is 36.4 Å². The van der Waals surface area contributed by atoms with Crippen LogP contribution < -0.4 is 9.47 Å². The van der Waals surface area contributed by atoms with Gasteiger partial charge in [0.2, 0.25) is 12.6 Å². The zero-order valence-electron chi connectivity index (χ0n) is 14.1. The van der Waals surface area contributed by atoms with Crippen molar-refractivity contribution in [1.82, 2.24) is 0 Å². The first kappa shape index (κ1) is 20.5. The summed E-state index contributed by atoms with van der Waals surface area (Å²) in [6.45, 7) is 5.95. The van der Waals surface area contributed by atoms with Crippen LogP contribution in [0.5, 0.6) is 11.5 Å². The van der Waals surface area contributed by atoms with Crippen molar-refractivity contribution in [2.75, 3.05) is 13.2 Å². The van der Waals surface area contributed by atoms with E-state index in [1.165, 1.54) is 13.0 Å². The van der Waals surface area contributed by atoms with E-state index in [0.717, 1.165) is 0 Å². The van der Waals surface area contributed by atoms with Crippen LogP contribution in [0.2, 0.25) is 0 Å². The van der Waals surface area contributed by atoms with Crippen LogP contribution in [0.3, 0.4) is 0 Å². The van der Waals surface area contributed by atoms with E-state index in [0.29, 0.717) is 11.5 Å². The summed E-state index contributed by atoms with van der Waals surface area (Å²) in [5, 5.41) is 19.1. The lowest BCUT2D eigenvalue weighted by Gasteiger charge is -2.15. The first-order chi connectivity index (χ1) is 11.8. The summed E-state index contributed by atoms with van der Waals surface area (Å²) in [6.07, 6.45) is -2.66. The van der Waals surface area contributed by atoms with Crippen LogP contribution >= 0.6 is 0 Å². The minimum atomic E-state index is -1.44. The highest BCUT2D eigenvalue weighted by molar-refractivity contribution is 5.87. The van der Waals surface area contributed by atoms with Gasteiger partial charge in [-0.3, -0.25) is 4.79 Å². The Hall–Kier alpha value is -2.58. The molecule has 0 aliphatic carbocycles. The molecule has 0 amide bonds. The lowest BCUT2D eigenvalue weighted by atomic mass is 10.3. The number of aliphatic hydroxyl groups is 2. The zero-order chi connectivity index (χ0) is 18.8. The lowest BCUT2D eigenvalue weighted by Crippen LogP contribution is -2.25. The van der Waals surface area contributed by atoms with Gasteiger partial charge in [-0.1, -0.05) is 19.6 Å². The molecule has 0 heterocycles. The molecule has 25 heavy (non-hydrogen) atoms. The zero-order valence-corrected chi connectivity index (χ0v) is 14.1. The van der Waals surface area contributed by atoms with Crippen LogP contribution in [0, 0.1) is 0 Å². The standard InChI is InChI=1S/C17H22O8/c1-4-14(18)24-15(19)9-22-12-6-5-7-13(8-12)23-10-16(20)25-17(21)11(2)3/h5-8,15-16,19-20H,2,4,9-10H2,1,3H3. The molecule has 0 spiro atoms. The number of ether oxygens (including phenoxy) is 4. The molecule has 1 rings (SSSR count). The van der Waals surface area contributed by atoms with Gasteiger partial charge in [0.05, 0.1) is 0 Å². The second kappa shape index (κ2) is 10.3. The van der Waals surface area contributed by atoms with Crippen molar-refractivity contribution < 1.29 is 38.7 Å². The van der Waals surface area contributed by atoms with Crippen molar-refractivity contribution in [1.29, 1.82) is 0 Å². The van der Waals surface area contributed by atoms with Gasteiger partial charge in [0.1, 0.15) is 11.5 Å². The third-order valence-corrected chi connectivity index (χ3v) is 2.74. The smallest absolute Gasteiger partial charge is 0.335 e. The highest BCUT2D eigenvalue weighted by Gasteiger charge is 2.13. The molecule has 0 saturated heterocycles. The normalized spacial score (nSPS) is 12.6. The summed E-state index contributed by atoms with van der Waals surface area (Å²) in [5.41, 5.74) is 0.164. The molecule has 8 heteroatoms. The summed E-state index contributed by atoms with van der Waals surface area (Å²) in [7, 11) is 0. The van der Waals surface area contributed by atoms with Gasteiger partial charge >= 0.3 is 11.9 Å². The molecule has 0 aliphatic heterocycles. The molecular formula is C17H22O8. The molecule has 1 aromatic rings. The Kier molecular flexibility index (Phi) is 8.45. The molecule has 0 aliphatic rings. The molecule has 138 valence electrons. The Balaban J connectivity index is 2.45. The van der Waals surface area contributed by atoms with Gasteiger partial charge < -0.3 is 29.2 Å². The van der Waals surface area contributed by atoms with E-state index in [9.17, 15) is 19.8 Å². The van der Waals surface area contributed by atoms with E-state index < -0.39 is 24.5 Å². The number of benzene rings is 1. The lowest BCUT2D eigenvalue weighted by molar-refractivity contribution is -0.171. The number of carbonyl (C=O) groups excluding carboxylic acids is 2. The average Bonchev–Trinajstić information content (AvgIpc) is 2.58. The van der Waals surface area contributed by atoms with Crippen LogP contribution in [-0.4, -0.2) is 47.9 Å². The van der Waals surface area contributed by atoms with Gasteiger partial charge in [-0.15, -0.1) is 0 Å². The molecule has 8 nitrogen and oxygen atoms in total. The van der Waals surface area contributed by atoms with E-state index in [-0.39, 0.29) is 25.2 Å². The molecule has 0 bridgehead atoms. The molecule has 0 fully saturated rings. The van der Waals surface area contributed by atoms with Gasteiger partial charge in [0, 0.05) is 18.1 Å². The van der Waals surface area contributed by atoms with Gasteiger partial charge in [0.25, 0.3) is 0 Å². The fraction of sp³-hybridized carbons (Fsp3) is 0.412. The van der Waals surface area contributed by atoms with E-state index in [2.05, 4.69) is 16.1 Å². The Morgan fingerprint density at radius 2 is 1.60 bits per heavy atom. The van der Waals surface area contributed by atoms with Gasteiger partial charge in [-0.25, -0.2) is 4.79 Å². The average molecular weight is 354 g/mol. The van der Waals surface area contributed by atoms with Crippen LogP contribution in [0.25, 0.3) is 0 Å². The van der Waals surface area contributed by atoms with E-state index in [1.807, 2.05) is 0 Å². The summed E-state index contributed by atoms with van der Waals surface area (Å²) < 4.78 is 19.9. The van der Waals surface area contributed by atoms with Crippen LogP contribution in [0.1, 0.15) is 20.3 Å². The third-order valence-electron chi connectivity index (χ3n) is 2.74. The van der Waals surface area contributed by atoms with Gasteiger partial charge in [0.15, 0.2) is 13.2 Å². The molecule has 0 aromatic heterocycles. The maximum atomic E-state index is 11.2. The molecule has 2 N–H and O–H groups in total. The molecule has 2 unspecified atom stereocenters. The predicted molar refractivity (Wildman–Crippen MR) is 86.7 cm³/mol. The Morgan fingerprint density at radius 3 is 2.08 bits per heavy atom. The maximum Gasteiger partial charge on any atom is 0.335 e. The Labute approximate surface area is 145 Å². The van der Waals surface area contributed by atoms with Crippen LogP contribution in [-0.2, 0) is 19.1 Å². The van der Waals surface area contributed by atoms with Gasteiger partial charge in [-0.2, -0.15) is 0 Å². The second-order valence-corrected chi connectivity index (χ2v) is 5.04. The minimum Gasteiger partial charge on any atom is -0.487 e. The summed E-state index contributed by atoms with van der Waals surface area (Å²) >= 11 is 0. The summed E-state index contributed by atoms with van der Waals surface area (Å²) in [4.78, 5) is 22.3. The van der Waals surface area contributed by atoms with Crippen molar-refractivity contribution in [3.8, 4) is 11.5 Å². The monoisotopic (exact) mass is 354 g/mol. The quantitative estimate of drug-likeness (QED) is 0.366. The van der Waals surface area contributed by atoms with Gasteiger partial charge in [-0.05, 0) is 19.1 Å². The number of esters is 2. The van der Waals surface area contributed by atoms with Crippen LogP contribution in [0.15, 0.2) is 36.4 Å².